The summed E-state index contributed by atoms with van der Waals surface area (Å²) in [5.74, 6) is -0.716. The number of nitrogens with zero attached hydrogens (tertiary/aromatic N) is 2. The molecule has 0 saturated heterocycles. The highest BCUT2D eigenvalue weighted by molar-refractivity contribution is 5.90. The normalized spacial score (nSPS) is 12.0. The molecular formula is C16H20N2O3. The van der Waals surface area contributed by atoms with Gasteiger partial charge in [0.1, 0.15) is 5.41 Å². The number of hydrogen-bond donors (Lipinski definition) is 1. The van der Waals surface area contributed by atoms with Gasteiger partial charge in [0.05, 0.1) is 11.1 Å². The molecule has 1 aromatic carbocycles. The summed E-state index contributed by atoms with van der Waals surface area (Å²) in [6.07, 6.45) is 0. The lowest BCUT2D eigenvalue weighted by molar-refractivity contribution is -0.142. The van der Waals surface area contributed by atoms with Gasteiger partial charge in [0, 0.05) is 11.9 Å². The van der Waals surface area contributed by atoms with Crippen molar-refractivity contribution in [2.24, 2.45) is 5.92 Å². The lowest BCUT2D eigenvalue weighted by Crippen LogP contribution is -2.35. The summed E-state index contributed by atoms with van der Waals surface area (Å²) in [7, 11) is 0. The molecule has 2 rings (SSSR count). The van der Waals surface area contributed by atoms with E-state index in [4.69, 9.17) is 0 Å². The molecule has 0 unspecified atom stereocenters. The third-order valence-electron chi connectivity index (χ3n) is 3.53. The van der Waals surface area contributed by atoms with Gasteiger partial charge >= 0.3 is 5.97 Å². The second-order valence-electron chi connectivity index (χ2n) is 6.21. The molecule has 1 heterocycles. The standard InChI is InChI=1S/C16H20N2O3/c1-10(2)9-18-14(19)12-8-6-5-7-11(12)13(17-18)16(3,4)15(20)21/h5-8,10H,9H2,1-4H3,(H,20,21). The van der Waals surface area contributed by atoms with Gasteiger partial charge in [0.15, 0.2) is 0 Å². The van der Waals surface area contributed by atoms with Gasteiger partial charge < -0.3 is 5.11 Å². The maximum Gasteiger partial charge on any atom is 0.315 e. The maximum absolute atomic E-state index is 12.5. The highest BCUT2D eigenvalue weighted by atomic mass is 16.4. The summed E-state index contributed by atoms with van der Waals surface area (Å²) in [5, 5.41) is 14.9. The molecular weight excluding hydrogens is 268 g/mol. The molecule has 0 aliphatic rings. The number of aromatic nitrogens is 2. The van der Waals surface area contributed by atoms with E-state index in [1.54, 1.807) is 38.1 Å². The molecule has 5 heteroatoms. The molecule has 0 bridgehead atoms. The Kier molecular flexibility index (Phi) is 3.85. The first-order chi connectivity index (χ1) is 9.75. The monoisotopic (exact) mass is 288 g/mol. The van der Waals surface area contributed by atoms with E-state index in [1.165, 1.54) is 4.68 Å². The number of benzene rings is 1. The predicted molar refractivity (Wildman–Crippen MR) is 81.5 cm³/mol. The van der Waals surface area contributed by atoms with Gasteiger partial charge in [0.25, 0.3) is 5.56 Å². The Labute approximate surface area is 123 Å². The van der Waals surface area contributed by atoms with Gasteiger partial charge in [-0.3, -0.25) is 9.59 Å². The van der Waals surface area contributed by atoms with Crippen molar-refractivity contribution < 1.29 is 9.90 Å². The van der Waals surface area contributed by atoms with E-state index in [9.17, 15) is 14.7 Å². The second kappa shape index (κ2) is 5.31. The van der Waals surface area contributed by atoms with Crippen LogP contribution in [0.1, 0.15) is 33.4 Å². The fourth-order valence-corrected chi connectivity index (χ4v) is 2.27. The van der Waals surface area contributed by atoms with Crippen LogP contribution in [-0.2, 0) is 16.8 Å². The summed E-state index contributed by atoms with van der Waals surface area (Å²) in [6.45, 7) is 7.66. The summed E-state index contributed by atoms with van der Waals surface area (Å²) >= 11 is 0. The molecule has 1 aromatic heterocycles. The Morgan fingerprint density at radius 1 is 1.29 bits per heavy atom. The number of aliphatic carboxylic acids is 1. The Hall–Kier alpha value is -2.17. The van der Waals surface area contributed by atoms with Crippen molar-refractivity contribution in [3.63, 3.8) is 0 Å². The fraction of sp³-hybridized carbons (Fsp3) is 0.438. The summed E-state index contributed by atoms with van der Waals surface area (Å²) < 4.78 is 1.38. The zero-order valence-electron chi connectivity index (χ0n) is 12.8. The molecule has 5 nitrogen and oxygen atoms in total. The maximum atomic E-state index is 12.5. The smallest absolute Gasteiger partial charge is 0.315 e. The number of carboxylic acids is 1. The van der Waals surface area contributed by atoms with Gasteiger partial charge in [-0.1, -0.05) is 32.0 Å². The van der Waals surface area contributed by atoms with Crippen LogP contribution >= 0.6 is 0 Å². The first-order valence-corrected chi connectivity index (χ1v) is 6.99. The average Bonchev–Trinajstić information content (AvgIpc) is 2.41. The second-order valence-corrected chi connectivity index (χ2v) is 6.21. The summed E-state index contributed by atoms with van der Waals surface area (Å²) in [4.78, 5) is 24.0. The van der Waals surface area contributed by atoms with Crippen LogP contribution in [0.25, 0.3) is 10.8 Å². The Morgan fingerprint density at radius 2 is 1.86 bits per heavy atom. The average molecular weight is 288 g/mol. The third-order valence-corrected chi connectivity index (χ3v) is 3.53. The van der Waals surface area contributed by atoms with Crippen molar-refractivity contribution in [2.75, 3.05) is 0 Å². The Balaban J connectivity index is 2.84. The predicted octanol–water partition coefficient (Wildman–Crippen LogP) is 2.41. The third kappa shape index (κ3) is 2.68. The van der Waals surface area contributed by atoms with E-state index in [1.807, 2.05) is 13.8 Å². The van der Waals surface area contributed by atoms with E-state index >= 15 is 0 Å². The zero-order chi connectivity index (χ0) is 15.8. The van der Waals surface area contributed by atoms with Gasteiger partial charge in [-0.2, -0.15) is 5.10 Å². The molecule has 1 N–H and O–H groups in total. The van der Waals surface area contributed by atoms with Crippen LogP contribution in [0.4, 0.5) is 0 Å². The molecule has 0 radical (unpaired) electrons. The van der Waals surface area contributed by atoms with Crippen LogP contribution < -0.4 is 5.56 Å². The molecule has 2 aromatic rings. The van der Waals surface area contributed by atoms with Gasteiger partial charge in [-0.25, -0.2) is 4.68 Å². The minimum Gasteiger partial charge on any atom is -0.481 e. The van der Waals surface area contributed by atoms with E-state index in [0.717, 1.165) is 0 Å². The molecule has 112 valence electrons. The van der Waals surface area contributed by atoms with Crippen LogP contribution in [0, 0.1) is 5.92 Å². The number of fused-ring (bicyclic) bond motifs is 1. The van der Waals surface area contributed by atoms with Crippen molar-refractivity contribution in [1.82, 2.24) is 9.78 Å². The van der Waals surface area contributed by atoms with Gasteiger partial charge in [-0.15, -0.1) is 0 Å². The molecule has 0 fully saturated rings. The topological polar surface area (TPSA) is 72.2 Å². The lowest BCUT2D eigenvalue weighted by atomic mass is 9.86. The van der Waals surface area contributed by atoms with Crippen molar-refractivity contribution >= 4 is 16.7 Å². The highest BCUT2D eigenvalue weighted by Crippen LogP contribution is 2.27. The van der Waals surface area contributed by atoms with Crippen LogP contribution in [0.5, 0.6) is 0 Å². The van der Waals surface area contributed by atoms with Crippen LogP contribution in [0.15, 0.2) is 29.1 Å². The molecule has 0 aliphatic heterocycles. The molecule has 0 atom stereocenters. The SMILES string of the molecule is CC(C)Cn1nc(C(C)(C)C(=O)O)c2ccccc2c1=O. The lowest BCUT2D eigenvalue weighted by Gasteiger charge is -2.22. The largest absolute Gasteiger partial charge is 0.481 e. The first kappa shape index (κ1) is 15.2. The highest BCUT2D eigenvalue weighted by Gasteiger charge is 2.34. The molecule has 21 heavy (non-hydrogen) atoms. The van der Waals surface area contributed by atoms with E-state index < -0.39 is 11.4 Å². The van der Waals surface area contributed by atoms with Crippen LogP contribution in [-0.4, -0.2) is 20.9 Å². The molecule has 0 amide bonds. The number of rotatable bonds is 4. The van der Waals surface area contributed by atoms with Gasteiger partial charge in [-0.05, 0) is 25.8 Å². The molecule has 0 spiro atoms. The number of hydrogen-bond acceptors (Lipinski definition) is 3. The number of carbonyl (C=O) groups is 1. The van der Waals surface area contributed by atoms with E-state index in [0.29, 0.717) is 23.0 Å². The fourth-order valence-electron chi connectivity index (χ4n) is 2.27. The van der Waals surface area contributed by atoms with Crippen LogP contribution in [0.3, 0.4) is 0 Å². The minimum atomic E-state index is -1.16. The van der Waals surface area contributed by atoms with Crippen molar-refractivity contribution in [2.45, 2.75) is 39.7 Å². The summed E-state index contributed by atoms with van der Waals surface area (Å²) in [6, 6.07) is 7.04. The quantitative estimate of drug-likeness (QED) is 0.937. The first-order valence-electron chi connectivity index (χ1n) is 6.99. The molecule has 0 aliphatic carbocycles. The number of carboxylic acid groups (broad SMARTS) is 1. The van der Waals surface area contributed by atoms with Gasteiger partial charge in [0.2, 0.25) is 0 Å². The Bertz CT molecular complexity index is 745. The van der Waals surface area contributed by atoms with Crippen molar-refractivity contribution in [3.8, 4) is 0 Å². The zero-order valence-corrected chi connectivity index (χ0v) is 12.8. The van der Waals surface area contributed by atoms with Crippen molar-refractivity contribution in [3.05, 3.63) is 40.3 Å². The molecule has 0 saturated carbocycles. The van der Waals surface area contributed by atoms with Crippen LogP contribution in [0.2, 0.25) is 0 Å². The van der Waals surface area contributed by atoms with E-state index in [-0.39, 0.29) is 11.5 Å². The minimum absolute atomic E-state index is 0.177. The van der Waals surface area contributed by atoms with Crippen molar-refractivity contribution in [1.29, 1.82) is 0 Å². The summed E-state index contributed by atoms with van der Waals surface area (Å²) in [5.41, 5.74) is -0.915. The Morgan fingerprint density at radius 3 is 2.38 bits per heavy atom. The van der Waals surface area contributed by atoms with E-state index in [2.05, 4.69) is 5.10 Å².